The van der Waals surface area contributed by atoms with Gasteiger partial charge in [-0.2, -0.15) is 0 Å². The number of aliphatic hydroxyl groups is 1. The molecule has 7 nitrogen and oxygen atoms in total. The normalized spacial score (nSPS) is 16.9. The van der Waals surface area contributed by atoms with Crippen LogP contribution >= 0.6 is 11.3 Å². The lowest BCUT2D eigenvalue weighted by Gasteiger charge is -2.22. The van der Waals surface area contributed by atoms with E-state index < -0.39 is 12.2 Å². The molecule has 0 saturated carbocycles. The van der Waals surface area contributed by atoms with E-state index in [2.05, 4.69) is 6.92 Å². The summed E-state index contributed by atoms with van der Waals surface area (Å²) in [7, 11) is 1.35. The number of unbranched alkanes of at least 4 members (excludes halogenated alkanes) is 2. The number of anilines is 1. The summed E-state index contributed by atoms with van der Waals surface area (Å²) in [5.74, 6) is -0.365. The number of aliphatic hydroxyl groups excluding tert-OH is 1. The number of ether oxygens (including phenoxy) is 3. The van der Waals surface area contributed by atoms with Crippen molar-refractivity contribution < 1.29 is 28.9 Å². The van der Waals surface area contributed by atoms with Gasteiger partial charge in [0, 0.05) is 10.6 Å². The third kappa shape index (κ3) is 6.06. The minimum atomic E-state index is -0.495. The van der Waals surface area contributed by atoms with Gasteiger partial charge in [0.25, 0.3) is 0 Å². The zero-order chi connectivity index (χ0) is 22.2. The Morgan fingerprint density at radius 3 is 2.74 bits per heavy atom. The van der Waals surface area contributed by atoms with Crippen molar-refractivity contribution in [3.05, 3.63) is 51.7 Å². The van der Waals surface area contributed by atoms with Gasteiger partial charge in [-0.25, -0.2) is 9.59 Å². The van der Waals surface area contributed by atoms with E-state index >= 15 is 0 Å². The number of hydrogen-bond acceptors (Lipinski definition) is 7. The Bertz CT molecular complexity index is 865. The monoisotopic (exact) mass is 447 g/mol. The summed E-state index contributed by atoms with van der Waals surface area (Å²) in [5, 5.41) is 10.3. The number of thiophene rings is 1. The molecule has 31 heavy (non-hydrogen) atoms. The van der Waals surface area contributed by atoms with Gasteiger partial charge in [0.2, 0.25) is 0 Å². The largest absolute Gasteiger partial charge is 0.465 e. The molecule has 1 fully saturated rings. The molecule has 3 rings (SSSR count). The number of esters is 1. The van der Waals surface area contributed by atoms with Crippen LogP contribution < -0.4 is 4.90 Å². The Morgan fingerprint density at radius 1 is 1.26 bits per heavy atom. The predicted molar refractivity (Wildman–Crippen MR) is 118 cm³/mol. The first kappa shape index (κ1) is 23.2. The highest BCUT2D eigenvalue weighted by Gasteiger charge is 2.34. The molecule has 0 bridgehead atoms. The van der Waals surface area contributed by atoms with Gasteiger partial charge >= 0.3 is 12.1 Å². The van der Waals surface area contributed by atoms with Gasteiger partial charge in [-0.3, -0.25) is 4.90 Å². The molecule has 0 spiro atoms. The Labute approximate surface area is 186 Å². The molecule has 1 N–H and O–H groups in total. The molecule has 1 saturated heterocycles. The first-order valence-electron chi connectivity index (χ1n) is 10.5. The van der Waals surface area contributed by atoms with E-state index in [0.717, 1.165) is 36.1 Å². The van der Waals surface area contributed by atoms with Gasteiger partial charge in [0.05, 0.1) is 32.5 Å². The number of carbonyl (C=O) groups excluding carboxylic acids is 2. The van der Waals surface area contributed by atoms with Crippen LogP contribution in [0.15, 0.2) is 36.4 Å². The van der Waals surface area contributed by atoms with Crippen molar-refractivity contribution in [1.29, 1.82) is 0 Å². The van der Waals surface area contributed by atoms with E-state index in [0.29, 0.717) is 23.8 Å². The van der Waals surface area contributed by atoms with Crippen LogP contribution in [0.2, 0.25) is 0 Å². The second-order valence-corrected chi connectivity index (χ2v) is 8.64. The van der Waals surface area contributed by atoms with Crippen molar-refractivity contribution in [3.63, 3.8) is 0 Å². The summed E-state index contributed by atoms with van der Waals surface area (Å²) in [4.78, 5) is 26.8. The van der Waals surface area contributed by atoms with Crippen LogP contribution in [0, 0.1) is 0 Å². The molecular weight excluding hydrogens is 418 g/mol. The van der Waals surface area contributed by atoms with Gasteiger partial charge in [-0.1, -0.05) is 38.3 Å². The molecule has 2 heterocycles. The van der Waals surface area contributed by atoms with Crippen LogP contribution in [0.5, 0.6) is 0 Å². The highest BCUT2D eigenvalue weighted by molar-refractivity contribution is 7.13. The summed E-state index contributed by atoms with van der Waals surface area (Å²) in [6.07, 6.45) is 3.04. The molecule has 0 radical (unpaired) electrons. The van der Waals surface area contributed by atoms with E-state index in [1.165, 1.54) is 18.4 Å². The smallest absolute Gasteiger partial charge is 0.414 e. The maximum atomic E-state index is 12.3. The number of cyclic esters (lactones) is 1. The maximum Gasteiger partial charge on any atom is 0.414 e. The molecule has 168 valence electrons. The summed E-state index contributed by atoms with van der Waals surface area (Å²) in [6, 6.07) is 10.7. The Morgan fingerprint density at radius 2 is 2.03 bits per heavy atom. The van der Waals surface area contributed by atoms with E-state index in [-0.39, 0.29) is 18.6 Å². The first-order chi connectivity index (χ1) is 15.0. The summed E-state index contributed by atoms with van der Waals surface area (Å²) in [5.41, 5.74) is 1.56. The Kier molecular flexibility index (Phi) is 8.45. The number of nitrogens with zero attached hydrogens (tertiary/aromatic N) is 1. The Hall–Kier alpha value is -2.42. The third-order valence-corrected chi connectivity index (χ3v) is 6.24. The van der Waals surface area contributed by atoms with Gasteiger partial charge in [-0.05, 0) is 36.2 Å². The first-order valence-corrected chi connectivity index (χ1v) is 11.3. The molecule has 1 aromatic heterocycles. The minimum Gasteiger partial charge on any atom is -0.465 e. The number of amides is 1. The molecule has 1 aliphatic rings. The average Bonchev–Trinajstić information content (AvgIpc) is 3.40. The topological polar surface area (TPSA) is 85.3 Å². The summed E-state index contributed by atoms with van der Waals surface area (Å²) < 4.78 is 15.7. The standard InChI is InChI=1S/C23H29NO6S/c1-3-4-5-6-20(25)16-7-9-17(10-8-16)24-18(14-30-23(24)27)13-29-15-19-11-12-21(31-19)22(26)28-2/h7-12,18,20,25H,3-6,13-15H2,1-2H3/t18-,20+/m0/s1. The highest BCUT2D eigenvalue weighted by Crippen LogP contribution is 2.27. The summed E-state index contributed by atoms with van der Waals surface area (Å²) >= 11 is 1.32. The van der Waals surface area contributed by atoms with Crippen molar-refractivity contribution in [2.45, 2.75) is 51.4 Å². The number of carbonyl (C=O) groups is 2. The van der Waals surface area contributed by atoms with Crippen LogP contribution in [0.25, 0.3) is 0 Å². The van der Waals surface area contributed by atoms with Gasteiger partial charge in [0.1, 0.15) is 11.5 Å². The SMILES string of the molecule is CCCCC[C@@H](O)c1ccc(N2C(=O)OC[C@@H]2COCc2ccc(C(=O)OC)s2)cc1. The lowest BCUT2D eigenvalue weighted by Crippen LogP contribution is -2.36. The highest BCUT2D eigenvalue weighted by atomic mass is 32.1. The Balaban J connectivity index is 1.55. The van der Waals surface area contributed by atoms with Gasteiger partial charge in [0.15, 0.2) is 0 Å². The van der Waals surface area contributed by atoms with Crippen LogP contribution in [0.3, 0.4) is 0 Å². The fourth-order valence-corrected chi connectivity index (χ4v) is 4.34. The van der Waals surface area contributed by atoms with Crippen LogP contribution in [0.1, 0.15) is 58.8 Å². The molecule has 2 aromatic rings. The van der Waals surface area contributed by atoms with Crippen molar-refractivity contribution in [3.8, 4) is 0 Å². The zero-order valence-electron chi connectivity index (χ0n) is 17.9. The van der Waals surface area contributed by atoms with Crippen molar-refractivity contribution in [1.82, 2.24) is 0 Å². The van der Waals surface area contributed by atoms with Crippen molar-refractivity contribution in [2.24, 2.45) is 0 Å². The molecule has 0 aliphatic carbocycles. The van der Waals surface area contributed by atoms with Crippen LogP contribution in [0.4, 0.5) is 10.5 Å². The second-order valence-electron chi connectivity index (χ2n) is 7.48. The molecule has 1 aliphatic heterocycles. The predicted octanol–water partition coefficient (Wildman–Crippen LogP) is 4.69. The maximum absolute atomic E-state index is 12.3. The number of benzene rings is 1. The number of hydrogen-bond donors (Lipinski definition) is 1. The molecule has 8 heteroatoms. The van der Waals surface area contributed by atoms with E-state index in [4.69, 9.17) is 14.2 Å². The fourth-order valence-electron chi connectivity index (χ4n) is 3.47. The number of methoxy groups -OCH3 is 1. The van der Waals surface area contributed by atoms with Crippen LogP contribution in [-0.4, -0.2) is 43.5 Å². The van der Waals surface area contributed by atoms with E-state index in [9.17, 15) is 14.7 Å². The summed E-state index contributed by atoms with van der Waals surface area (Å²) in [6.45, 7) is 3.02. The lowest BCUT2D eigenvalue weighted by molar-refractivity contribution is 0.0606. The second kappa shape index (κ2) is 11.3. The molecule has 1 aromatic carbocycles. The fraction of sp³-hybridized carbons (Fsp3) is 0.478. The van der Waals surface area contributed by atoms with Gasteiger partial charge < -0.3 is 19.3 Å². The molecular formula is C23H29NO6S. The van der Waals surface area contributed by atoms with E-state index in [1.54, 1.807) is 11.0 Å². The van der Waals surface area contributed by atoms with Gasteiger partial charge in [-0.15, -0.1) is 11.3 Å². The van der Waals surface area contributed by atoms with Crippen LogP contribution in [-0.2, 0) is 20.8 Å². The third-order valence-electron chi connectivity index (χ3n) is 5.20. The molecule has 2 atom stereocenters. The quantitative estimate of drug-likeness (QED) is 0.397. The van der Waals surface area contributed by atoms with Crippen molar-refractivity contribution in [2.75, 3.05) is 25.2 Å². The van der Waals surface area contributed by atoms with Crippen molar-refractivity contribution >= 4 is 29.1 Å². The minimum absolute atomic E-state index is 0.243. The molecule has 1 amide bonds. The molecule has 0 unspecified atom stereocenters. The number of rotatable bonds is 11. The lowest BCUT2D eigenvalue weighted by atomic mass is 10.0. The van der Waals surface area contributed by atoms with E-state index in [1.807, 2.05) is 30.3 Å². The average molecular weight is 448 g/mol. The zero-order valence-corrected chi connectivity index (χ0v) is 18.7.